The molecule has 0 bridgehead atoms. The van der Waals surface area contributed by atoms with Gasteiger partial charge in [-0.3, -0.25) is 4.79 Å². The van der Waals surface area contributed by atoms with Gasteiger partial charge < -0.3 is 25.0 Å². The minimum atomic E-state index is -0.432. The Morgan fingerprint density at radius 1 is 1.19 bits per heavy atom. The van der Waals surface area contributed by atoms with E-state index in [1.807, 2.05) is 0 Å². The first-order chi connectivity index (χ1) is 7.47. The number of aliphatic hydroxyl groups is 3. The lowest BCUT2D eigenvalue weighted by Gasteiger charge is -2.21. The third-order valence-corrected chi connectivity index (χ3v) is 1.56. The maximum Gasteiger partial charge on any atom is 0.249 e. The molecule has 0 saturated carbocycles. The van der Waals surface area contributed by atoms with Gasteiger partial charge in [-0.25, -0.2) is 0 Å². The summed E-state index contributed by atoms with van der Waals surface area (Å²) >= 11 is 0. The summed E-state index contributed by atoms with van der Waals surface area (Å²) in [5, 5.41) is 26.4. The third kappa shape index (κ3) is 6.86. The molecule has 16 heavy (non-hydrogen) atoms. The Labute approximate surface area is 94.1 Å². The molecule has 92 valence electrons. The summed E-state index contributed by atoms with van der Waals surface area (Å²) in [4.78, 5) is 12.6. The van der Waals surface area contributed by atoms with Gasteiger partial charge in [0.25, 0.3) is 0 Å². The van der Waals surface area contributed by atoms with E-state index in [2.05, 4.69) is 13.2 Å². The van der Waals surface area contributed by atoms with Crippen LogP contribution in [0.1, 0.15) is 0 Å². The van der Waals surface area contributed by atoms with Gasteiger partial charge in [0.15, 0.2) is 0 Å². The molecule has 3 N–H and O–H groups in total. The number of hydrogen-bond acceptors (Lipinski definition) is 5. The first kappa shape index (κ1) is 14.5. The van der Waals surface area contributed by atoms with Gasteiger partial charge in [-0.2, -0.15) is 0 Å². The minimum Gasteiger partial charge on any atom is -0.511 e. The number of ether oxygens (including phenoxy) is 1. The van der Waals surface area contributed by atoms with Crippen molar-refractivity contribution in [1.29, 1.82) is 0 Å². The predicted octanol–water partition coefficient (Wildman–Crippen LogP) is -0.0327. The Hall–Kier alpha value is -1.53. The molecular weight excluding hydrogens is 214 g/mol. The number of amides is 1. The zero-order chi connectivity index (χ0) is 12.6. The molecule has 0 aromatic heterocycles. The van der Waals surface area contributed by atoms with E-state index >= 15 is 0 Å². The number of carbonyl (C=O) groups excluding carboxylic acids is 1. The smallest absolute Gasteiger partial charge is 0.249 e. The quantitative estimate of drug-likeness (QED) is 0.403. The summed E-state index contributed by atoms with van der Waals surface area (Å²) in [7, 11) is 0. The van der Waals surface area contributed by atoms with Gasteiger partial charge in [-0.15, -0.1) is 0 Å². The highest BCUT2D eigenvalue weighted by Crippen LogP contribution is 1.99. The molecule has 0 unspecified atom stereocenters. The average Bonchev–Trinajstić information content (AvgIpc) is 2.15. The van der Waals surface area contributed by atoms with Crippen LogP contribution in [0, 0.1) is 0 Å². The Kier molecular flexibility index (Phi) is 6.98. The molecular formula is C10H17NO5. The Balaban J connectivity index is 4.20. The fourth-order valence-electron chi connectivity index (χ4n) is 0.988. The normalized spacial score (nSPS) is 9.81. The van der Waals surface area contributed by atoms with Crippen molar-refractivity contribution in [2.75, 3.05) is 32.9 Å². The molecule has 0 heterocycles. The van der Waals surface area contributed by atoms with Crippen LogP contribution in [-0.2, 0) is 9.53 Å². The fourth-order valence-corrected chi connectivity index (χ4v) is 0.988. The Morgan fingerprint density at radius 3 is 2.06 bits per heavy atom. The molecule has 0 rings (SSSR count). The summed E-state index contributed by atoms with van der Waals surface area (Å²) in [6.07, 6.45) is 0. The van der Waals surface area contributed by atoms with Crippen LogP contribution in [0.5, 0.6) is 0 Å². The van der Waals surface area contributed by atoms with Crippen molar-refractivity contribution >= 4 is 5.91 Å². The van der Waals surface area contributed by atoms with E-state index in [1.54, 1.807) is 0 Å². The van der Waals surface area contributed by atoms with Crippen LogP contribution < -0.4 is 0 Å². The van der Waals surface area contributed by atoms with Crippen molar-refractivity contribution in [2.24, 2.45) is 0 Å². The Morgan fingerprint density at radius 2 is 1.69 bits per heavy atom. The van der Waals surface area contributed by atoms with E-state index in [9.17, 15) is 4.79 Å². The van der Waals surface area contributed by atoms with Crippen molar-refractivity contribution in [2.45, 2.75) is 0 Å². The van der Waals surface area contributed by atoms with Gasteiger partial charge in [-0.1, -0.05) is 13.2 Å². The van der Waals surface area contributed by atoms with Crippen LogP contribution in [0.2, 0.25) is 0 Å². The van der Waals surface area contributed by atoms with E-state index in [4.69, 9.17) is 20.1 Å². The summed E-state index contributed by atoms with van der Waals surface area (Å²) < 4.78 is 4.82. The van der Waals surface area contributed by atoms with Crippen molar-refractivity contribution in [3.05, 3.63) is 24.7 Å². The maximum atomic E-state index is 11.5. The van der Waals surface area contributed by atoms with Crippen molar-refractivity contribution in [1.82, 2.24) is 4.90 Å². The molecule has 0 aliphatic carbocycles. The van der Waals surface area contributed by atoms with E-state index in [0.29, 0.717) is 0 Å². The van der Waals surface area contributed by atoms with Gasteiger partial charge >= 0.3 is 0 Å². The van der Waals surface area contributed by atoms with Crippen LogP contribution in [0.25, 0.3) is 0 Å². The second kappa shape index (κ2) is 7.72. The molecule has 0 atom stereocenters. The number of aliphatic hydroxyl groups excluding tert-OH is 3. The number of nitrogens with zero attached hydrogens (tertiary/aromatic N) is 1. The monoisotopic (exact) mass is 231 g/mol. The van der Waals surface area contributed by atoms with Crippen molar-refractivity contribution < 1.29 is 24.9 Å². The molecule has 0 radical (unpaired) electrons. The summed E-state index contributed by atoms with van der Waals surface area (Å²) in [5.74, 6) is -0.827. The van der Waals surface area contributed by atoms with Crippen molar-refractivity contribution in [3.63, 3.8) is 0 Å². The van der Waals surface area contributed by atoms with E-state index in [1.165, 1.54) is 0 Å². The van der Waals surface area contributed by atoms with Gasteiger partial charge in [0.05, 0.1) is 26.3 Å². The molecule has 0 aliphatic heterocycles. The lowest BCUT2D eigenvalue weighted by molar-refractivity contribution is -0.136. The molecule has 0 aromatic carbocycles. The highest BCUT2D eigenvalue weighted by atomic mass is 16.5. The highest BCUT2D eigenvalue weighted by molar-refractivity contribution is 5.77. The van der Waals surface area contributed by atoms with Crippen molar-refractivity contribution in [3.8, 4) is 0 Å². The number of rotatable bonds is 8. The SMILES string of the molecule is C=C(O)CN(CC(=C)O)C(=O)COCCO. The summed E-state index contributed by atoms with van der Waals surface area (Å²) in [6.45, 7) is 5.95. The van der Waals surface area contributed by atoms with Crippen LogP contribution in [0.3, 0.4) is 0 Å². The van der Waals surface area contributed by atoms with Gasteiger partial charge in [0.2, 0.25) is 5.91 Å². The number of carbonyl (C=O) groups is 1. The van der Waals surface area contributed by atoms with Crippen LogP contribution in [0.4, 0.5) is 0 Å². The average molecular weight is 231 g/mol. The standard InChI is InChI=1S/C10H17NO5/c1-8(13)5-11(6-9(2)14)10(15)7-16-4-3-12/h12-14H,1-7H2. The van der Waals surface area contributed by atoms with Crippen LogP contribution >= 0.6 is 0 Å². The fraction of sp³-hybridized carbons (Fsp3) is 0.500. The molecule has 0 aliphatic rings. The third-order valence-electron chi connectivity index (χ3n) is 1.56. The van der Waals surface area contributed by atoms with E-state index < -0.39 is 5.91 Å². The minimum absolute atomic E-state index is 0.0553. The highest BCUT2D eigenvalue weighted by Gasteiger charge is 2.15. The van der Waals surface area contributed by atoms with Crippen LogP contribution in [-0.4, -0.2) is 59.0 Å². The zero-order valence-corrected chi connectivity index (χ0v) is 9.06. The molecule has 0 aromatic rings. The van der Waals surface area contributed by atoms with Gasteiger partial charge in [0, 0.05) is 0 Å². The maximum absolute atomic E-state index is 11.5. The largest absolute Gasteiger partial charge is 0.511 e. The van der Waals surface area contributed by atoms with Crippen LogP contribution in [0.15, 0.2) is 24.7 Å². The first-order valence-corrected chi connectivity index (χ1v) is 4.67. The number of hydrogen-bond donors (Lipinski definition) is 3. The predicted molar refractivity (Wildman–Crippen MR) is 58.0 cm³/mol. The summed E-state index contributed by atoms with van der Waals surface area (Å²) in [6, 6.07) is 0. The zero-order valence-electron chi connectivity index (χ0n) is 9.06. The molecule has 0 fully saturated rings. The van der Waals surface area contributed by atoms with E-state index in [-0.39, 0.29) is 44.4 Å². The molecule has 1 amide bonds. The molecule has 0 saturated heterocycles. The summed E-state index contributed by atoms with van der Waals surface area (Å²) in [5.41, 5.74) is 0. The topological polar surface area (TPSA) is 90.2 Å². The second-order valence-electron chi connectivity index (χ2n) is 3.16. The molecule has 6 heteroatoms. The second-order valence-corrected chi connectivity index (χ2v) is 3.16. The lowest BCUT2D eigenvalue weighted by atomic mass is 10.4. The van der Waals surface area contributed by atoms with Gasteiger partial charge in [-0.05, 0) is 0 Å². The molecule has 6 nitrogen and oxygen atoms in total. The Bertz CT molecular complexity index is 248. The molecule has 0 spiro atoms. The lowest BCUT2D eigenvalue weighted by Crippen LogP contribution is -2.37. The van der Waals surface area contributed by atoms with E-state index in [0.717, 1.165) is 4.90 Å². The van der Waals surface area contributed by atoms with Gasteiger partial charge in [0.1, 0.15) is 18.1 Å². The first-order valence-electron chi connectivity index (χ1n) is 4.67.